The molecule has 0 saturated heterocycles. The molecule has 0 radical (unpaired) electrons. The van der Waals surface area contributed by atoms with Crippen molar-refractivity contribution in [1.29, 1.82) is 0 Å². The van der Waals surface area contributed by atoms with Crippen LogP contribution in [-0.2, 0) is 4.79 Å². The lowest BCUT2D eigenvalue weighted by molar-refractivity contribution is -0.125. The molecular weight excluding hydrogens is 200 g/mol. The average Bonchev–Trinajstić information content (AvgIpc) is 2.19. The van der Waals surface area contributed by atoms with E-state index in [-0.39, 0.29) is 5.91 Å². The van der Waals surface area contributed by atoms with Gasteiger partial charge in [-0.2, -0.15) is 0 Å². The number of rotatable bonds is 4. The maximum absolute atomic E-state index is 11.5. The number of nitrogens with one attached hydrogen (secondary N) is 1. The molecule has 0 aromatic heterocycles. The predicted molar refractivity (Wildman–Crippen MR) is 67.0 cm³/mol. The predicted octanol–water partition coefficient (Wildman–Crippen LogP) is 2.06. The minimum atomic E-state index is -0.749. The molecular formula is C13H26N2O. The van der Waals surface area contributed by atoms with Crippen molar-refractivity contribution in [3.8, 4) is 0 Å². The van der Waals surface area contributed by atoms with E-state index in [4.69, 9.17) is 5.73 Å². The Labute approximate surface area is 99.2 Å². The first kappa shape index (κ1) is 13.5. The molecule has 16 heavy (non-hydrogen) atoms. The molecule has 0 spiro atoms. The largest absolute Gasteiger partial charge is 0.355 e. The highest BCUT2D eigenvalue weighted by Gasteiger charge is 2.22. The van der Waals surface area contributed by atoms with Gasteiger partial charge in [-0.1, -0.05) is 32.6 Å². The van der Waals surface area contributed by atoms with Gasteiger partial charge in [0.2, 0.25) is 5.91 Å². The highest BCUT2D eigenvalue weighted by Crippen LogP contribution is 2.29. The maximum atomic E-state index is 11.5. The number of nitrogens with two attached hydrogens (primary N) is 1. The molecule has 1 aliphatic rings. The van der Waals surface area contributed by atoms with Gasteiger partial charge in [0.1, 0.15) is 0 Å². The van der Waals surface area contributed by atoms with Crippen LogP contribution in [0.25, 0.3) is 0 Å². The summed E-state index contributed by atoms with van der Waals surface area (Å²) < 4.78 is 0. The van der Waals surface area contributed by atoms with Gasteiger partial charge < -0.3 is 11.1 Å². The Morgan fingerprint density at radius 2 is 1.88 bits per heavy atom. The van der Waals surface area contributed by atoms with E-state index in [2.05, 4.69) is 12.2 Å². The fourth-order valence-corrected chi connectivity index (χ4v) is 2.24. The average molecular weight is 226 g/mol. The van der Waals surface area contributed by atoms with Crippen molar-refractivity contribution in [3.05, 3.63) is 0 Å². The highest BCUT2D eigenvalue weighted by molar-refractivity contribution is 5.84. The molecule has 3 nitrogen and oxygen atoms in total. The van der Waals surface area contributed by atoms with Crippen molar-refractivity contribution in [2.75, 3.05) is 6.54 Å². The Balaban J connectivity index is 2.14. The number of hydrogen-bond donors (Lipinski definition) is 2. The molecule has 1 rings (SSSR count). The second-order valence-corrected chi connectivity index (χ2v) is 5.89. The van der Waals surface area contributed by atoms with Gasteiger partial charge in [-0.15, -0.1) is 0 Å². The van der Waals surface area contributed by atoms with Gasteiger partial charge in [0.15, 0.2) is 0 Å². The zero-order chi connectivity index (χ0) is 12.2. The molecule has 0 aromatic rings. The van der Waals surface area contributed by atoms with Crippen molar-refractivity contribution in [2.45, 2.75) is 58.4 Å². The van der Waals surface area contributed by atoms with Gasteiger partial charge in [0, 0.05) is 6.54 Å². The Morgan fingerprint density at radius 3 is 2.38 bits per heavy atom. The van der Waals surface area contributed by atoms with Crippen LogP contribution in [0.3, 0.4) is 0 Å². The van der Waals surface area contributed by atoms with Gasteiger partial charge in [-0.3, -0.25) is 4.79 Å². The van der Waals surface area contributed by atoms with Crippen molar-refractivity contribution < 1.29 is 4.79 Å². The van der Waals surface area contributed by atoms with Crippen LogP contribution in [-0.4, -0.2) is 18.0 Å². The number of hydrogen-bond acceptors (Lipinski definition) is 2. The summed E-state index contributed by atoms with van der Waals surface area (Å²) in [5, 5.41) is 2.92. The fraction of sp³-hybridized carbons (Fsp3) is 0.923. The molecule has 3 heteroatoms. The number of amides is 1. The third kappa shape index (κ3) is 4.52. The summed E-state index contributed by atoms with van der Waals surface area (Å²) in [4.78, 5) is 11.5. The zero-order valence-electron chi connectivity index (χ0n) is 10.9. The van der Waals surface area contributed by atoms with E-state index < -0.39 is 5.54 Å². The first-order chi connectivity index (χ1) is 7.39. The van der Waals surface area contributed by atoms with Crippen LogP contribution in [0.2, 0.25) is 0 Å². The third-order valence-electron chi connectivity index (χ3n) is 3.56. The minimum absolute atomic E-state index is 0.0447. The molecule has 1 aliphatic carbocycles. The second-order valence-electron chi connectivity index (χ2n) is 5.89. The summed E-state index contributed by atoms with van der Waals surface area (Å²) in [6, 6.07) is 0. The van der Waals surface area contributed by atoms with Gasteiger partial charge in [-0.25, -0.2) is 0 Å². The van der Waals surface area contributed by atoms with Crippen molar-refractivity contribution >= 4 is 5.91 Å². The Kier molecular flexibility index (Phi) is 4.78. The van der Waals surface area contributed by atoms with Gasteiger partial charge in [0.25, 0.3) is 0 Å². The van der Waals surface area contributed by atoms with Crippen LogP contribution >= 0.6 is 0 Å². The van der Waals surface area contributed by atoms with E-state index in [9.17, 15) is 4.79 Å². The number of carbonyl (C=O) groups is 1. The van der Waals surface area contributed by atoms with Crippen LogP contribution in [0.15, 0.2) is 0 Å². The Hall–Kier alpha value is -0.570. The van der Waals surface area contributed by atoms with Crippen LogP contribution in [0.5, 0.6) is 0 Å². The summed E-state index contributed by atoms with van der Waals surface area (Å²) in [6.45, 7) is 6.59. The van der Waals surface area contributed by atoms with Crippen molar-refractivity contribution in [2.24, 2.45) is 17.6 Å². The first-order valence-electron chi connectivity index (χ1n) is 6.46. The molecule has 0 aromatic carbocycles. The van der Waals surface area contributed by atoms with Crippen LogP contribution < -0.4 is 11.1 Å². The summed E-state index contributed by atoms with van der Waals surface area (Å²) >= 11 is 0. The molecule has 1 saturated carbocycles. The van der Waals surface area contributed by atoms with Crippen molar-refractivity contribution in [1.82, 2.24) is 5.32 Å². The molecule has 0 heterocycles. The fourth-order valence-electron chi connectivity index (χ4n) is 2.24. The lowest BCUT2D eigenvalue weighted by atomic mass is 9.81. The molecule has 0 unspecified atom stereocenters. The van der Waals surface area contributed by atoms with Crippen LogP contribution in [0.4, 0.5) is 0 Å². The second kappa shape index (κ2) is 5.67. The van der Waals surface area contributed by atoms with E-state index in [0.29, 0.717) is 0 Å². The van der Waals surface area contributed by atoms with Gasteiger partial charge in [0.05, 0.1) is 5.54 Å². The Morgan fingerprint density at radius 1 is 1.31 bits per heavy atom. The third-order valence-corrected chi connectivity index (χ3v) is 3.56. The normalized spacial score (nSPS) is 26.5. The van der Waals surface area contributed by atoms with E-state index in [1.165, 1.54) is 25.7 Å². The van der Waals surface area contributed by atoms with Crippen molar-refractivity contribution in [3.63, 3.8) is 0 Å². The van der Waals surface area contributed by atoms with E-state index in [1.54, 1.807) is 13.8 Å². The lowest BCUT2D eigenvalue weighted by Crippen LogP contribution is -2.49. The summed E-state index contributed by atoms with van der Waals surface area (Å²) in [5.41, 5.74) is 4.96. The molecule has 1 amide bonds. The molecule has 3 N–H and O–H groups in total. The number of carbonyl (C=O) groups excluding carboxylic acids is 1. The SMILES string of the molecule is CC1CCC(CCNC(=O)C(C)(C)N)CC1. The van der Waals surface area contributed by atoms with Gasteiger partial charge in [-0.05, 0) is 32.1 Å². The summed E-state index contributed by atoms with van der Waals surface area (Å²) in [7, 11) is 0. The topological polar surface area (TPSA) is 55.1 Å². The minimum Gasteiger partial charge on any atom is -0.355 e. The van der Waals surface area contributed by atoms with E-state index in [0.717, 1.165) is 24.8 Å². The monoisotopic (exact) mass is 226 g/mol. The van der Waals surface area contributed by atoms with Crippen LogP contribution in [0.1, 0.15) is 52.9 Å². The van der Waals surface area contributed by atoms with E-state index in [1.807, 2.05) is 0 Å². The van der Waals surface area contributed by atoms with Crippen LogP contribution in [0, 0.1) is 11.8 Å². The zero-order valence-corrected chi connectivity index (χ0v) is 10.9. The first-order valence-corrected chi connectivity index (χ1v) is 6.46. The molecule has 0 atom stereocenters. The smallest absolute Gasteiger partial charge is 0.239 e. The summed E-state index contributed by atoms with van der Waals surface area (Å²) in [6.07, 6.45) is 6.45. The summed E-state index contributed by atoms with van der Waals surface area (Å²) in [5.74, 6) is 1.66. The van der Waals surface area contributed by atoms with Gasteiger partial charge >= 0.3 is 0 Å². The molecule has 1 fully saturated rings. The molecule has 0 bridgehead atoms. The Bertz CT molecular complexity index is 225. The quantitative estimate of drug-likeness (QED) is 0.771. The molecule has 94 valence electrons. The maximum Gasteiger partial charge on any atom is 0.239 e. The lowest BCUT2D eigenvalue weighted by Gasteiger charge is -2.26. The molecule has 0 aliphatic heterocycles. The standard InChI is InChI=1S/C13H26N2O/c1-10-4-6-11(7-5-10)8-9-15-12(16)13(2,3)14/h10-11H,4-9,14H2,1-3H3,(H,15,16). The highest BCUT2D eigenvalue weighted by atomic mass is 16.2. The van der Waals surface area contributed by atoms with E-state index >= 15 is 0 Å².